The van der Waals surface area contributed by atoms with Crippen LogP contribution in [0.5, 0.6) is 5.75 Å². The maximum atomic E-state index is 11.9. The van der Waals surface area contributed by atoms with Gasteiger partial charge in [0, 0.05) is 18.3 Å². The van der Waals surface area contributed by atoms with Crippen LogP contribution < -0.4 is 15.4 Å². The fourth-order valence-electron chi connectivity index (χ4n) is 1.82. The molecule has 0 aliphatic rings. The number of hydrogen-bond donors (Lipinski definition) is 2. The number of methoxy groups -OCH3 is 1. The summed E-state index contributed by atoms with van der Waals surface area (Å²) in [7, 11) is 3.31. The molecule has 0 spiro atoms. The van der Waals surface area contributed by atoms with Gasteiger partial charge in [0.15, 0.2) is 0 Å². The monoisotopic (exact) mass is 307 g/mol. The Kier molecular flexibility index (Phi) is 7.39. The molecule has 2 amide bonds. The highest BCUT2D eigenvalue weighted by molar-refractivity contribution is 5.92. The molecule has 0 unspecified atom stereocenters. The lowest BCUT2D eigenvalue weighted by atomic mass is 10.2. The molecule has 0 aromatic heterocycles. The molecule has 0 atom stereocenters. The number of amides is 2. The molecule has 2 N–H and O–H groups in total. The van der Waals surface area contributed by atoms with E-state index < -0.39 is 0 Å². The van der Waals surface area contributed by atoms with Crippen LogP contribution in [0.25, 0.3) is 0 Å². The van der Waals surface area contributed by atoms with Crippen molar-refractivity contribution in [1.29, 1.82) is 0 Å². The van der Waals surface area contributed by atoms with Crippen LogP contribution in [0, 0.1) is 5.92 Å². The molecule has 0 saturated heterocycles. The largest absolute Gasteiger partial charge is 0.497 e. The number of carbonyl (C=O) groups is 2. The average molecular weight is 307 g/mol. The molecule has 1 aromatic rings. The fourth-order valence-corrected chi connectivity index (χ4v) is 1.82. The Labute approximate surface area is 131 Å². The first-order valence-corrected chi connectivity index (χ1v) is 7.30. The van der Waals surface area contributed by atoms with E-state index >= 15 is 0 Å². The van der Waals surface area contributed by atoms with Gasteiger partial charge in [-0.2, -0.15) is 0 Å². The summed E-state index contributed by atoms with van der Waals surface area (Å²) in [5, 5.41) is 5.60. The zero-order chi connectivity index (χ0) is 16.5. The highest BCUT2D eigenvalue weighted by Gasteiger charge is 2.11. The normalized spacial score (nSPS) is 10.6. The molecule has 1 aromatic carbocycles. The molecule has 0 heterocycles. The number of benzene rings is 1. The van der Waals surface area contributed by atoms with Gasteiger partial charge in [-0.25, -0.2) is 0 Å². The third-order valence-electron chi connectivity index (χ3n) is 2.89. The number of anilines is 1. The molecular weight excluding hydrogens is 282 g/mol. The van der Waals surface area contributed by atoms with Gasteiger partial charge >= 0.3 is 0 Å². The molecule has 0 bridgehead atoms. The number of hydrogen-bond acceptors (Lipinski definition) is 4. The van der Waals surface area contributed by atoms with E-state index in [4.69, 9.17) is 4.74 Å². The van der Waals surface area contributed by atoms with Crippen LogP contribution in [0.2, 0.25) is 0 Å². The Morgan fingerprint density at radius 1 is 1.23 bits per heavy atom. The van der Waals surface area contributed by atoms with Crippen molar-refractivity contribution in [3.63, 3.8) is 0 Å². The van der Waals surface area contributed by atoms with Crippen molar-refractivity contribution in [3.05, 3.63) is 24.3 Å². The van der Waals surface area contributed by atoms with Crippen LogP contribution in [0.3, 0.4) is 0 Å². The number of carbonyl (C=O) groups excluding carboxylic acids is 2. The van der Waals surface area contributed by atoms with E-state index in [1.807, 2.05) is 13.8 Å². The smallest absolute Gasteiger partial charge is 0.238 e. The Hall–Kier alpha value is -2.08. The molecule has 0 aliphatic heterocycles. The topological polar surface area (TPSA) is 70.7 Å². The first-order valence-electron chi connectivity index (χ1n) is 7.30. The van der Waals surface area contributed by atoms with Gasteiger partial charge in [0.05, 0.1) is 20.2 Å². The third-order valence-corrected chi connectivity index (χ3v) is 2.89. The lowest BCUT2D eigenvalue weighted by Gasteiger charge is -2.16. The van der Waals surface area contributed by atoms with Crippen molar-refractivity contribution in [2.45, 2.75) is 13.8 Å². The maximum Gasteiger partial charge on any atom is 0.238 e. The molecule has 0 radical (unpaired) electrons. The summed E-state index contributed by atoms with van der Waals surface area (Å²) in [6, 6.07) is 7.14. The molecule has 0 saturated carbocycles. The predicted molar refractivity (Wildman–Crippen MR) is 87.0 cm³/mol. The number of nitrogens with one attached hydrogen (secondary N) is 2. The van der Waals surface area contributed by atoms with Gasteiger partial charge in [-0.3, -0.25) is 14.5 Å². The van der Waals surface area contributed by atoms with Crippen LogP contribution in [-0.4, -0.2) is 50.5 Å². The predicted octanol–water partition coefficient (Wildman–Crippen LogP) is 1.34. The average Bonchev–Trinajstić information content (AvgIpc) is 2.44. The van der Waals surface area contributed by atoms with Gasteiger partial charge < -0.3 is 15.4 Å². The van der Waals surface area contributed by atoms with Gasteiger partial charge in [0.25, 0.3) is 0 Å². The minimum absolute atomic E-state index is 0.0784. The van der Waals surface area contributed by atoms with Gasteiger partial charge in [0.2, 0.25) is 11.8 Å². The van der Waals surface area contributed by atoms with Gasteiger partial charge in [-0.05, 0) is 25.1 Å². The summed E-state index contributed by atoms with van der Waals surface area (Å²) in [5.74, 6) is 0.836. The lowest BCUT2D eigenvalue weighted by molar-refractivity contribution is -0.123. The standard InChI is InChI=1S/C16H25N3O3/c1-12(2)9-17-15(20)10-19(3)11-16(21)18-13-6-5-7-14(8-13)22-4/h5-8,12H,9-11H2,1-4H3,(H,17,20)(H,18,21). The van der Waals surface area contributed by atoms with Crippen molar-refractivity contribution in [2.75, 3.05) is 39.1 Å². The summed E-state index contributed by atoms with van der Waals surface area (Å²) >= 11 is 0. The SMILES string of the molecule is COc1cccc(NC(=O)CN(C)CC(=O)NCC(C)C)c1. The zero-order valence-corrected chi connectivity index (χ0v) is 13.7. The molecule has 6 nitrogen and oxygen atoms in total. The number of ether oxygens (including phenoxy) is 1. The van der Waals surface area contributed by atoms with E-state index in [0.29, 0.717) is 23.9 Å². The summed E-state index contributed by atoms with van der Waals surface area (Å²) in [4.78, 5) is 25.3. The van der Waals surface area contributed by atoms with Crippen LogP contribution in [0.1, 0.15) is 13.8 Å². The maximum absolute atomic E-state index is 11.9. The Bertz CT molecular complexity index is 503. The number of likely N-dealkylation sites (N-methyl/N-ethyl adjacent to an activating group) is 1. The summed E-state index contributed by atoms with van der Waals surface area (Å²) in [6.07, 6.45) is 0. The summed E-state index contributed by atoms with van der Waals surface area (Å²) < 4.78 is 5.10. The molecule has 0 aliphatic carbocycles. The second-order valence-corrected chi connectivity index (χ2v) is 5.65. The Balaban J connectivity index is 2.38. The molecular formula is C16H25N3O3. The first-order chi connectivity index (χ1) is 10.4. The molecule has 0 fully saturated rings. The Morgan fingerprint density at radius 3 is 2.55 bits per heavy atom. The van der Waals surface area contributed by atoms with Gasteiger partial charge in [-0.1, -0.05) is 19.9 Å². The van der Waals surface area contributed by atoms with Crippen LogP contribution in [-0.2, 0) is 9.59 Å². The van der Waals surface area contributed by atoms with Crippen molar-refractivity contribution >= 4 is 17.5 Å². The summed E-state index contributed by atoms with van der Waals surface area (Å²) in [5.41, 5.74) is 0.669. The molecule has 22 heavy (non-hydrogen) atoms. The fraction of sp³-hybridized carbons (Fsp3) is 0.500. The second-order valence-electron chi connectivity index (χ2n) is 5.65. The van der Waals surface area contributed by atoms with E-state index in [9.17, 15) is 9.59 Å². The van der Waals surface area contributed by atoms with E-state index in [1.165, 1.54) is 0 Å². The van der Waals surface area contributed by atoms with Crippen molar-refractivity contribution in [1.82, 2.24) is 10.2 Å². The van der Waals surface area contributed by atoms with Crippen LogP contribution in [0.4, 0.5) is 5.69 Å². The second kappa shape index (κ2) is 9.04. The van der Waals surface area contributed by atoms with E-state index in [-0.39, 0.29) is 24.9 Å². The minimum Gasteiger partial charge on any atom is -0.497 e. The van der Waals surface area contributed by atoms with Crippen molar-refractivity contribution < 1.29 is 14.3 Å². The van der Waals surface area contributed by atoms with E-state index in [2.05, 4.69) is 10.6 Å². The quantitative estimate of drug-likeness (QED) is 0.760. The lowest BCUT2D eigenvalue weighted by Crippen LogP contribution is -2.39. The molecule has 1 rings (SSSR count). The van der Waals surface area contributed by atoms with E-state index in [0.717, 1.165) is 0 Å². The van der Waals surface area contributed by atoms with Crippen LogP contribution >= 0.6 is 0 Å². The highest BCUT2D eigenvalue weighted by atomic mass is 16.5. The van der Waals surface area contributed by atoms with Gasteiger partial charge in [0.1, 0.15) is 5.75 Å². The number of nitrogens with zero attached hydrogens (tertiary/aromatic N) is 1. The summed E-state index contributed by atoms with van der Waals surface area (Å²) in [6.45, 7) is 5.05. The molecule has 122 valence electrons. The third kappa shape index (κ3) is 7.08. The van der Waals surface area contributed by atoms with Crippen molar-refractivity contribution in [2.24, 2.45) is 5.92 Å². The number of rotatable bonds is 8. The van der Waals surface area contributed by atoms with E-state index in [1.54, 1.807) is 43.3 Å². The Morgan fingerprint density at radius 2 is 1.91 bits per heavy atom. The minimum atomic E-state index is -0.174. The van der Waals surface area contributed by atoms with Crippen LogP contribution in [0.15, 0.2) is 24.3 Å². The highest BCUT2D eigenvalue weighted by Crippen LogP contribution is 2.16. The molecule has 6 heteroatoms. The first kappa shape index (κ1) is 18.0. The van der Waals surface area contributed by atoms with Crippen molar-refractivity contribution in [3.8, 4) is 5.75 Å². The van der Waals surface area contributed by atoms with Gasteiger partial charge in [-0.15, -0.1) is 0 Å². The zero-order valence-electron chi connectivity index (χ0n) is 13.7.